The molecule has 0 N–H and O–H groups in total. The lowest BCUT2D eigenvalue weighted by Crippen LogP contribution is -2.03. The van der Waals surface area contributed by atoms with Gasteiger partial charge >= 0.3 is 0 Å². The number of halogens is 1. The van der Waals surface area contributed by atoms with Gasteiger partial charge in [0.25, 0.3) is 0 Å². The Morgan fingerprint density at radius 3 is 2.25 bits per heavy atom. The number of aryl methyl sites for hydroxylation is 1. The number of benzene rings is 1. The van der Waals surface area contributed by atoms with Crippen LogP contribution in [-0.2, 0) is 6.54 Å². The monoisotopic (exact) mass is 296 g/mol. The van der Waals surface area contributed by atoms with Gasteiger partial charge < -0.3 is 14.0 Å². The van der Waals surface area contributed by atoms with Crippen LogP contribution in [0.25, 0.3) is 0 Å². The van der Waals surface area contributed by atoms with Crippen LogP contribution in [0.15, 0.2) is 43.0 Å². The van der Waals surface area contributed by atoms with E-state index in [1.54, 1.807) is 6.20 Å². The number of nitrogens with zero attached hydrogens (tertiary/aromatic N) is 2. The molecule has 0 radical (unpaired) electrons. The van der Waals surface area contributed by atoms with Crippen LogP contribution < -0.4 is 9.47 Å². The Morgan fingerprint density at radius 1 is 1.05 bits per heavy atom. The van der Waals surface area contributed by atoms with E-state index in [9.17, 15) is 0 Å². The molecule has 0 bridgehead atoms. The summed E-state index contributed by atoms with van der Waals surface area (Å²) >= 11 is 0. The third kappa shape index (κ3) is 5.53. The Balaban J connectivity index is 0.00000200. The van der Waals surface area contributed by atoms with Crippen molar-refractivity contribution in [3.05, 3.63) is 43.0 Å². The van der Waals surface area contributed by atoms with Gasteiger partial charge in [0.15, 0.2) is 0 Å². The number of hydrogen-bond acceptors (Lipinski definition) is 3. The summed E-state index contributed by atoms with van der Waals surface area (Å²) in [7, 11) is 0. The molecule has 5 heteroatoms. The second kappa shape index (κ2) is 9.26. The first-order valence-electron chi connectivity index (χ1n) is 6.70. The van der Waals surface area contributed by atoms with Crippen molar-refractivity contribution in [2.24, 2.45) is 0 Å². The van der Waals surface area contributed by atoms with Gasteiger partial charge in [0.1, 0.15) is 11.5 Å². The number of hydrogen-bond donors (Lipinski definition) is 0. The van der Waals surface area contributed by atoms with Crippen LogP contribution in [0, 0.1) is 0 Å². The summed E-state index contributed by atoms with van der Waals surface area (Å²) in [5.74, 6) is 1.78. The van der Waals surface area contributed by atoms with Crippen molar-refractivity contribution in [2.75, 3.05) is 13.2 Å². The van der Waals surface area contributed by atoms with Crippen molar-refractivity contribution in [3.8, 4) is 11.5 Å². The number of ether oxygens (including phenoxy) is 2. The summed E-state index contributed by atoms with van der Waals surface area (Å²) in [6, 6.07) is 7.78. The summed E-state index contributed by atoms with van der Waals surface area (Å²) in [4.78, 5) is 4.00. The molecule has 20 heavy (non-hydrogen) atoms. The molecule has 0 aliphatic carbocycles. The van der Waals surface area contributed by atoms with E-state index in [2.05, 4.69) is 11.9 Å². The molecule has 0 fully saturated rings. The first kappa shape index (κ1) is 16.4. The molecule has 2 aromatic rings. The minimum Gasteiger partial charge on any atom is -0.494 e. The second-order valence-electron chi connectivity index (χ2n) is 4.32. The Kier molecular flexibility index (Phi) is 7.58. The van der Waals surface area contributed by atoms with Crippen LogP contribution in [0.3, 0.4) is 0 Å². The molecule has 0 unspecified atom stereocenters. The molecular weight excluding hydrogens is 276 g/mol. The average molecular weight is 297 g/mol. The van der Waals surface area contributed by atoms with Gasteiger partial charge in [0.05, 0.1) is 19.5 Å². The van der Waals surface area contributed by atoms with E-state index < -0.39 is 0 Å². The van der Waals surface area contributed by atoms with Gasteiger partial charge in [-0.05, 0) is 37.1 Å². The molecule has 1 aromatic heterocycles. The molecule has 0 aliphatic heterocycles. The van der Waals surface area contributed by atoms with Crippen LogP contribution in [0.5, 0.6) is 11.5 Å². The van der Waals surface area contributed by atoms with E-state index >= 15 is 0 Å². The predicted octanol–water partition coefficient (Wildman–Crippen LogP) is 3.56. The number of imidazole rings is 1. The Hall–Kier alpha value is -1.68. The highest BCUT2D eigenvalue weighted by Gasteiger charge is 1.97. The zero-order valence-electron chi connectivity index (χ0n) is 11.7. The fourth-order valence-electron chi connectivity index (χ4n) is 1.71. The molecule has 0 saturated heterocycles. The lowest BCUT2D eigenvalue weighted by atomic mass is 10.3. The van der Waals surface area contributed by atoms with Crippen molar-refractivity contribution < 1.29 is 9.47 Å². The third-order valence-electron chi connectivity index (χ3n) is 2.69. The van der Waals surface area contributed by atoms with Crippen molar-refractivity contribution in [3.63, 3.8) is 0 Å². The van der Waals surface area contributed by atoms with Gasteiger partial charge in [0.2, 0.25) is 0 Å². The topological polar surface area (TPSA) is 36.3 Å². The Bertz CT molecular complexity index is 457. The zero-order valence-corrected chi connectivity index (χ0v) is 12.5. The molecule has 0 amide bonds. The highest BCUT2D eigenvalue weighted by molar-refractivity contribution is 5.85. The van der Waals surface area contributed by atoms with Crippen molar-refractivity contribution >= 4 is 12.4 Å². The van der Waals surface area contributed by atoms with Crippen LogP contribution in [0.1, 0.15) is 19.8 Å². The Labute approximate surface area is 126 Å². The normalized spacial score (nSPS) is 9.85. The van der Waals surface area contributed by atoms with Crippen molar-refractivity contribution in [2.45, 2.75) is 26.3 Å². The van der Waals surface area contributed by atoms with Crippen molar-refractivity contribution in [1.82, 2.24) is 9.55 Å². The molecule has 2 rings (SSSR count). The number of aromatic nitrogens is 2. The number of rotatable bonds is 8. The summed E-state index contributed by atoms with van der Waals surface area (Å²) < 4.78 is 13.2. The van der Waals surface area contributed by atoms with Crippen LogP contribution in [0.4, 0.5) is 0 Å². The molecular formula is C15H21ClN2O2. The maximum atomic E-state index is 5.67. The molecule has 1 heterocycles. The third-order valence-corrected chi connectivity index (χ3v) is 2.69. The largest absolute Gasteiger partial charge is 0.494 e. The lowest BCUT2D eigenvalue weighted by molar-refractivity contribution is 0.298. The van der Waals surface area contributed by atoms with Gasteiger partial charge in [-0.25, -0.2) is 4.98 Å². The minimum absolute atomic E-state index is 0. The first-order chi connectivity index (χ1) is 9.38. The fraction of sp³-hybridized carbons (Fsp3) is 0.400. The molecule has 0 aliphatic rings. The minimum atomic E-state index is 0. The lowest BCUT2D eigenvalue weighted by Gasteiger charge is -2.08. The van der Waals surface area contributed by atoms with E-state index in [0.29, 0.717) is 6.61 Å². The summed E-state index contributed by atoms with van der Waals surface area (Å²) in [5, 5.41) is 0. The van der Waals surface area contributed by atoms with Gasteiger partial charge in [-0.2, -0.15) is 0 Å². The average Bonchev–Trinajstić information content (AvgIpc) is 2.96. The van der Waals surface area contributed by atoms with E-state index in [0.717, 1.165) is 37.5 Å². The van der Waals surface area contributed by atoms with E-state index in [1.165, 1.54) is 0 Å². The van der Waals surface area contributed by atoms with Gasteiger partial charge in [-0.1, -0.05) is 6.92 Å². The predicted molar refractivity (Wildman–Crippen MR) is 81.8 cm³/mol. The van der Waals surface area contributed by atoms with Crippen LogP contribution >= 0.6 is 12.4 Å². The van der Waals surface area contributed by atoms with E-state index in [4.69, 9.17) is 9.47 Å². The van der Waals surface area contributed by atoms with Gasteiger partial charge in [-0.3, -0.25) is 0 Å². The van der Waals surface area contributed by atoms with Gasteiger partial charge in [-0.15, -0.1) is 12.4 Å². The Morgan fingerprint density at radius 2 is 1.70 bits per heavy atom. The molecule has 110 valence electrons. The molecule has 0 saturated carbocycles. The standard InChI is InChI=1S/C15H20N2O2.ClH/c1-2-11-18-14-4-6-15(7-5-14)19-12-3-9-17-10-8-16-13-17;/h4-8,10,13H,2-3,9,11-12H2,1H3;1H. The second-order valence-corrected chi connectivity index (χ2v) is 4.32. The first-order valence-corrected chi connectivity index (χ1v) is 6.70. The SMILES string of the molecule is CCCOc1ccc(OCCCn2ccnc2)cc1.Cl. The van der Waals surface area contributed by atoms with Crippen LogP contribution in [-0.4, -0.2) is 22.8 Å². The van der Waals surface area contributed by atoms with Crippen molar-refractivity contribution in [1.29, 1.82) is 0 Å². The summed E-state index contributed by atoms with van der Waals surface area (Å²) in [6.07, 6.45) is 7.55. The maximum Gasteiger partial charge on any atom is 0.119 e. The molecule has 4 nitrogen and oxygen atoms in total. The van der Waals surface area contributed by atoms with E-state index in [-0.39, 0.29) is 12.4 Å². The van der Waals surface area contributed by atoms with E-state index in [1.807, 2.05) is 41.4 Å². The van der Waals surface area contributed by atoms with Crippen LogP contribution in [0.2, 0.25) is 0 Å². The molecule has 0 atom stereocenters. The highest BCUT2D eigenvalue weighted by Crippen LogP contribution is 2.17. The smallest absolute Gasteiger partial charge is 0.119 e. The fourth-order valence-corrected chi connectivity index (χ4v) is 1.71. The highest BCUT2D eigenvalue weighted by atomic mass is 35.5. The molecule has 1 aromatic carbocycles. The quantitative estimate of drug-likeness (QED) is 0.699. The summed E-state index contributed by atoms with van der Waals surface area (Å²) in [5.41, 5.74) is 0. The zero-order chi connectivity index (χ0) is 13.3. The molecule has 0 spiro atoms. The maximum absolute atomic E-state index is 5.67. The summed E-state index contributed by atoms with van der Waals surface area (Å²) in [6.45, 7) is 4.48. The van der Waals surface area contributed by atoms with Gasteiger partial charge in [0, 0.05) is 18.9 Å².